The Morgan fingerprint density at radius 1 is 1.23 bits per heavy atom. The molecule has 0 heterocycles. The lowest BCUT2D eigenvalue weighted by Gasteiger charge is -2.17. The highest BCUT2D eigenvalue weighted by Crippen LogP contribution is 2.28. The summed E-state index contributed by atoms with van der Waals surface area (Å²) in [5, 5.41) is 3.65. The van der Waals surface area contributed by atoms with Gasteiger partial charge in [-0.25, -0.2) is 0 Å². The Morgan fingerprint density at radius 2 is 1.95 bits per heavy atom. The van der Waals surface area contributed by atoms with Gasteiger partial charge in [-0.3, -0.25) is 4.79 Å². The van der Waals surface area contributed by atoms with Crippen LogP contribution in [0, 0.1) is 6.92 Å². The van der Waals surface area contributed by atoms with E-state index in [1.807, 2.05) is 13.0 Å². The standard InChI is InChI=1S/C16H16Cl2N2O2/c1-9-3-5-12(19)8-14(9)20-16(21)10(2)22-15-6-4-11(17)7-13(15)18/h3-8,10H,19H2,1-2H3,(H,20,21)/t10-/m1/s1. The Labute approximate surface area is 139 Å². The number of nitrogens with one attached hydrogen (secondary N) is 1. The first-order chi connectivity index (χ1) is 10.4. The van der Waals surface area contributed by atoms with Crippen LogP contribution >= 0.6 is 23.2 Å². The monoisotopic (exact) mass is 338 g/mol. The smallest absolute Gasteiger partial charge is 0.265 e. The first-order valence-corrected chi connectivity index (χ1v) is 7.41. The molecular weight excluding hydrogens is 323 g/mol. The third kappa shape index (κ3) is 4.06. The number of carbonyl (C=O) groups is 1. The average molecular weight is 339 g/mol. The van der Waals surface area contributed by atoms with E-state index >= 15 is 0 Å². The maximum absolute atomic E-state index is 12.2. The summed E-state index contributed by atoms with van der Waals surface area (Å²) in [5.41, 5.74) is 7.87. The molecule has 0 aliphatic heterocycles. The molecule has 0 saturated carbocycles. The van der Waals surface area contributed by atoms with Crippen molar-refractivity contribution in [1.29, 1.82) is 0 Å². The molecule has 0 radical (unpaired) electrons. The lowest BCUT2D eigenvalue weighted by atomic mass is 10.1. The number of aryl methyl sites for hydroxylation is 1. The summed E-state index contributed by atoms with van der Waals surface area (Å²) < 4.78 is 5.57. The largest absolute Gasteiger partial charge is 0.479 e. The molecule has 4 nitrogen and oxygen atoms in total. The Hall–Kier alpha value is -1.91. The van der Waals surface area contributed by atoms with Crippen molar-refractivity contribution in [2.75, 3.05) is 11.1 Å². The lowest BCUT2D eigenvalue weighted by Crippen LogP contribution is -2.30. The highest BCUT2D eigenvalue weighted by molar-refractivity contribution is 6.35. The highest BCUT2D eigenvalue weighted by atomic mass is 35.5. The summed E-state index contributed by atoms with van der Waals surface area (Å²) in [6.45, 7) is 3.53. The van der Waals surface area contributed by atoms with Gasteiger partial charge in [0, 0.05) is 16.4 Å². The number of ether oxygens (including phenoxy) is 1. The van der Waals surface area contributed by atoms with Crippen LogP contribution in [0.15, 0.2) is 36.4 Å². The first kappa shape index (κ1) is 16.5. The van der Waals surface area contributed by atoms with Gasteiger partial charge in [-0.2, -0.15) is 0 Å². The van der Waals surface area contributed by atoms with Crippen LogP contribution in [0.2, 0.25) is 10.0 Å². The molecule has 116 valence electrons. The molecule has 0 aliphatic rings. The maximum Gasteiger partial charge on any atom is 0.265 e. The van der Waals surface area contributed by atoms with E-state index in [1.165, 1.54) is 0 Å². The molecule has 0 unspecified atom stereocenters. The third-order valence-electron chi connectivity index (χ3n) is 3.09. The second-order valence-corrected chi connectivity index (χ2v) is 5.74. The number of anilines is 2. The van der Waals surface area contributed by atoms with E-state index in [0.29, 0.717) is 27.2 Å². The van der Waals surface area contributed by atoms with E-state index < -0.39 is 6.10 Å². The van der Waals surface area contributed by atoms with Crippen LogP contribution < -0.4 is 15.8 Å². The Morgan fingerprint density at radius 3 is 2.64 bits per heavy atom. The normalized spacial score (nSPS) is 11.8. The lowest BCUT2D eigenvalue weighted by molar-refractivity contribution is -0.122. The van der Waals surface area contributed by atoms with Gasteiger partial charge in [0.05, 0.1) is 5.02 Å². The predicted octanol–water partition coefficient (Wildman–Crippen LogP) is 4.29. The molecule has 0 fully saturated rings. The molecule has 0 aromatic heterocycles. The molecule has 1 atom stereocenters. The minimum atomic E-state index is -0.723. The third-order valence-corrected chi connectivity index (χ3v) is 3.62. The zero-order chi connectivity index (χ0) is 16.3. The van der Waals surface area contributed by atoms with E-state index in [4.69, 9.17) is 33.7 Å². The van der Waals surface area contributed by atoms with Crippen molar-refractivity contribution in [1.82, 2.24) is 0 Å². The van der Waals surface area contributed by atoms with Gasteiger partial charge in [-0.1, -0.05) is 29.3 Å². The van der Waals surface area contributed by atoms with Gasteiger partial charge < -0.3 is 15.8 Å². The predicted molar refractivity (Wildman–Crippen MR) is 90.8 cm³/mol. The van der Waals surface area contributed by atoms with Crippen LogP contribution in [0.25, 0.3) is 0 Å². The molecule has 0 aliphatic carbocycles. The molecule has 2 aromatic rings. The van der Waals surface area contributed by atoms with E-state index in [0.717, 1.165) is 5.56 Å². The van der Waals surface area contributed by atoms with Crippen molar-refractivity contribution in [3.05, 3.63) is 52.0 Å². The number of carbonyl (C=O) groups excluding carboxylic acids is 1. The number of hydrogen-bond donors (Lipinski definition) is 2. The van der Waals surface area contributed by atoms with Crippen molar-refractivity contribution in [2.24, 2.45) is 0 Å². The van der Waals surface area contributed by atoms with Crippen molar-refractivity contribution >= 4 is 40.5 Å². The van der Waals surface area contributed by atoms with Crippen LogP contribution in [0.1, 0.15) is 12.5 Å². The van der Waals surface area contributed by atoms with Crippen molar-refractivity contribution in [3.63, 3.8) is 0 Å². The summed E-state index contributed by atoms with van der Waals surface area (Å²) >= 11 is 11.9. The molecule has 2 aromatic carbocycles. The van der Waals surface area contributed by atoms with Crippen LogP contribution in [0.3, 0.4) is 0 Å². The molecule has 0 bridgehead atoms. The summed E-state index contributed by atoms with van der Waals surface area (Å²) in [6.07, 6.45) is -0.723. The second kappa shape index (κ2) is 6.90. The van der Waals surface area contributed by atoms with E-state index in [-0.39, 0.29) is 5.91 Å². The number of nitrogens with two attached hydrogens (primary N) is 1. The topological polar surface area (TPSA) is 64.3 Å². The quantitative estimate of drug-likeness (QED) is 0.817. The molecule has 1 amide bonds. The van der Waals surface area contributed by atoms with Gasteiger partial charge in [-0.15, -0.1) is 0 Å². The molecule has 0 saturated heterocycles. The summed E-state index contributed by atoms with van der Waals surface area (Å²) in [6, 6.07) is 10.2. The molecule has 0 spiro atoms. The van der Waals surface area contributed by atoms with E-state index in [1.54, 1.807) is 37.3 Å². The zero-order valence-corrected chi connectivity index (χ0v) is 13.7. The highest BCUT2D eigenvalue weighted by Gasteiger charge is 2.17. The van der Waals surface area contributed by atoms with E-state index in [9.17, 15) is 4.79 Å². The molecular formula is C16H16Cl2N2O2. The fourth-order valence-corrected chi connectivity index (χ4v) is 2.28. The minimum Gasteiger partial charge on any atom is -0.479 e. The van der Waals surface area contributed by atoms with Crippen molar-refractivity contribution in [3.8, 4) is 5.75 Å². The Kier molecular flexibility index (Phi) is 5.16. The van der Waals surface area contributed by atoms with Crippen molar-refractivity contribution in [2.45, 2.75) is 20.0 Å². The first-order valence-electron chi connectivity index (χ1n) is 6.65. The molecule has 22 heavy (non-hydrogen) atoms. The van der Waals surface area contributed by atoms with Gasteiger partial charge in [0.1, 0.15) is 5.75 Å². The number of halogens is 2. The maximum atomic E-state index is 12.2. The molecule has 6 heteroatoms. The molecule has 2 rings (SSSR count). The van der Waals surface area contributed by atoms with Gasteiger partial charge in [0.25, 0.3) is 5.91 Å². The Balaban J connectivity index is 2.07. The van der Waals surface area contributed by atoms with Crippen LogP contribution in [-0.2, 0) is 4.79 Å². The second-order valence-electron chi connectivity index (χ2n) is 4.90. The average Bonchev–Trinajstić information content (AvgIpc) is 2.45. The number of nitrogen functional groups attached to an aromatic ring is 1. The minimum absolute atomic E-state index is 0.292. The number of rotatable bonds is 4. The van der Waals surface area contributed by atoms with Gasteiger partial charge in [-0.05, 0) is 49.7 Å². The van der Waals surface area contributed by atoms with Crippen LogP contribution in [-0.4, -0.2) is 12.0 Å². The fourth-order valence-electron chi connectivity index (χ4n) is 1.82. The number of amides is 1. The summed E-state index contributed by atoms with van der Waals surface area (Å²) in [5.74, 6) is 0.109. The van der Waals surface area contributed by atoms with Crippen molar-refractivity contribution < 1.29 is 9.53 Å². The van der Waals surface area contributed by atoms with Crippen LogP contribution in [0.5, 0.6) is 5.75 Å². The van der Waals surface area contributed by atoms with Gasteiger partial charge in [0.2, 0.25) is 0 Å². The fraction of sp³-hybridized carbons (Fsp3) is 0.188. The van der Waals surface area contributed by atoms with Crippen LogP contribution in [0.4, 0.5) is 11.4 Å². The summed E-state index contributed by atoms with van der Waals surface area (Å²) in [4.78, 5) is 12.2. The molecule has 3 N–H and O–H groups in total. The van der Waals surface area contributed by atoms with E-state index in [2.05, 4.69) is 5.32 Å². The Bertz CT molecular complexity index is 705. The number of benzene rings is 2. The summed E-state index contributed by atoms with van der Waals surface area (Å²) in [7, 11) is 0. The van der Waals surface area contributed by atoms with Gasteiger partial charge in [0.15, 0.2) is 6.10 Å². The number of hydrogen-bond acceptors (Lipinski definition) is 3. The SMILES string of the molecule is Cc1ccc(N)cc1NC(=O)[C@@H](C)Oc1ccc(Cl)cc1Cl. The van der Waals surface area contributed by atoms with Gasteiger partial charge >= 0.3 is 0 Å². The zero-order valence-electron chi connectivity index (χ0n) is 12.2.